The molecule has 0 amide bonds. The van der Waals surface area contributed by atoms with Gasteiger partial charge in [0.2, 0.25) is 0 Å². The van der Waals surface area contributed by atoms with Crippen LogP contribution in [-0.2, 0) is 0 Å². The van der Waals surface area contributed by atoms with Crippen LogP contribution in [0.15, 0.2) is 40.7 Å². The van der Waals surface area contributed by atoms with E-state index in [2.05, 4.69) is 4.99 Å². The van der Waals surface area contributed by atoms with Gasteiger partial charge in [-0.25, -0.2) is 9.38 Å². The molecule has 0 saturated heterocycles. The lowest BCUT2D eigenvalue weighted by molar-refractivity contribution is 0.626. The molecule has 0 aliphatic rings. The van der Waals surface area contributed by atoms with Crippen LogP contribution in [0.2, 0.25) is 0 Å². The van der Waals surface area contributed by atoms with Gasteiger partial charge in [-0.2, -0.15) is 10.5 Å². The van der Waals surface area contributed by atoms with Crippen LogP contribution in [0.1, 0.15) is 5.56 Å². The summed E-state index contributed by atoms with van der Waals surface area (Å²) >= 11 is 0. The number of rotatable bonds is 2. The fourth-order valence-corrected chi connectivity index (χ4v) is 0.925. The molecule has 0 atom stereocenters. The molecule has 0 saturated carbocycles. The van der Waals surface area contributed by atoms with Crippen LogP contribution < -0.4 is 5.73 Å². The normalized spacial score (nSPS) is 11.7. The summed E-state index contributed by atoms with van der Waals surface area (Å²) in [5.74, 6) is -0.459. The van der Waals surface area contributed by atoms with E-state index in [1.54, 1.807) is 18.2 Å². The minimum absolute atomic E-state index is 0.223. The third kappa shape index (κ3) is 2.66. The lowest BCUT2D eigenvalue weighted by Gasteiger charge is -1.94. The van der Waals surface area contributed by atoms with Crippen molar-refractivity contribution in [3.05, 3.63) is 47.0 Å². The van der Waals surface area contributed by atoms with E-state index in [9.17, 15) is 4.39 Å². The summed E-state index contributed by atoms with van der Waals surface area (Å²) in [6.45, 7) is 0. The van der Waals surface area contributed by atoms with E-state index in [4.69, 9.17) is 16.3 Å². The number of allylic oxidation sites excluding steroid dienone is 2. The summed E-state index contributed by atoms with van der Waals surface area (Å²) < 4.78 is 13.1. The van der Waals surface area contributed by atoms with Gasteiger partial charge in [-0.1, -0.05) is 18.2 Å². The first-order valence-corrected chi connectivity index (χ1v) is 4.27. The Hall–Kier alpha value is -2.66. The van der Waals surface area contributed by atoms with Crippen LogP contribution in [0.25, 0.3) is 0 Å². The van der Waals surface area contributed by atoms with Crippen LogP contribution in [0.3, 0.4) is 0 Å². The van der Waals surface area contributed by atoms with Crippen molar-refractivity contribution >= 4 is 6.21 Å². The minimum atomic E-state index is -0.459. The zero-order valence-corrected chi connectivity index (χ0v) is 8.18. The molecule has 16 heavy (non-hydrogen) atoms. The minimum Gasteiger partial charge on any atom is -0.388 e. The van der Waals surface area contributed by atoms with Crippen LogP contribution >= 0.6 is 0 Å². The van der Waals surface area contributed by atoms with Crippen molar-refractivity contribution in [2.24, 2.45) is 10.7 Å². The second-order valence-corrected chi connectivity index (χ2v) is 2.77. The fraction of sp³-hybridized carbons (Fsp3) is 0. The molecule has 1 aromatic carbocycles. The maximum Gasteiger partial charge on any atom is 0.174 e. The molecule has 1 aromatic rings. The number of hydrogen-bond donors (Lipinski definition) is 1. The lowest BCUT2D eigenvalue weighted by atomic mass is 10.2. The van der Waals surface area contributed by atoms with Gasteiger partial charge in [-0.15, -0.1) is 0 Å². The van der Waals surface area contributed by atoms with Crippen molar-refractivity contribution in [3.8, 4) is 12.1 Å². The van der Waals surface area contributed by atoms with Crippen molar-refractivity contribution in [1.29, 1.82) is 10.5 Å². The summed E-state index contributed by atoms with van der Waals surface area (Å²) in [5, 5.41) is 17.1. The molecule has 5 heteroatoms. The monoisotopic (exact) mass is 214 g/mol. The van der Waals surface area contributed by atoms with Gasteiger partial charge in [0.15, 0.2) is 5.70 Å². The second kappa shape index (κ2) is 5.28. The Morgan fingerprint density at radius 3 is 2.56 bits per heavy atom. The Bertz CT molecular complexity index is 532. The number of nitriles is 2. The molecule has 78 valence electrons. The molecule has 4 nitrogen and oxygen atoms in total. The highest BCUT2D eigenvalue weighted by molar-refractivity contribution is 5.81. The molecule has 0 unspecified atom stereocenters. The lowest BCUT2D eigenvalue weighted by Crippen LogP contribution is -1.98. The van der Waals surface area contributed by atoms with Gasteiger partial charge in [0.05, 0.1) is 0 Å². The summed E-state index contributed by atoms with van der Waals surface area (Å²) in [6, 6.07) is 9.19. The van der Waals surface area contributed by atoms with Crippen LogP contribution in [0, 0.1) is 28.5 Å². The summed E-state index contributed by atoms with van der Waals surface area (Å²) in [4.78, 5) is 3.65. The first-order valence-electron chi connectivity index (χ1n) is 4.27. The fourth-order valence-electron chi connectivity index (χ4n) is 0.925. The van der Waals surface area contributed by atoms with Gasteiger partial charge in [0, 0.05) is 11.8 Å². The topological polar surface area (TPSA) is 86.0 Å². The van der Waals surface area contributed by atoms with Gasteiger partial charge in [0.25, 0.3) is 0 Å². The van der Waals surface area contributed by atoms with Crippen molar-refractivity contribution in [3.63, 3.8) is 0 Å². The SMILES string of the molecule is N#C/C(N)=C(/C#N)N=Cc1ccccc1F. The Balaban J connectivity index is 3.04. The van der Waals surface area contributed by atoms with Gasteiger partial charge in [0.1, 0.15) is 23.7 Å². The van der Waals surface area contributed by atoms with Gasteiger partial charge >= 0.3 is 0 Å². The highest BCUT2D eigenvalue weighted by Gasteiger charge is 2.00. The molecule has 0 bridgehead atoms. The third-order valence-electron chi connectivity index (χ3n) is 1.72. The van der Waals surface area contributed by atoms with Crippen LogP contribution in [0.5, 0.6) is 0 Å². The average Bonchev–Trinajstić information content (AvgIpc) is 2.31. The zero-order valence-electron chi connectivity index (χ0n) is 8.18. The standard InChI is InChI=1S/C11H7FN4/c12-9-4-2-1-3-8(9)7-16-11(6-14)10(15)5-13/h1-4,7H,15H2/b11-10+,16-7?. The highest BCUT2D eigenvalue weighted by atomic mass is 19.1. The Morgan fingerprint density at radius 2 is 2.00 bits per heavy atom. The van der Waals surface area contributed by atoms with E-state index >= 15 is 0 Å². The number of nitrogens with two attached hydrogens (primary N) is 1. The smallest absolute Gasteiger partial charge is 0.174 e. The predicted molar refractivity (Wildman–Crippen MR) is 56.4 cm³/mol. The van der Waals surface area contributed by atoms with Gasteiger partial charge in [-0.05, 0) is 6.07 Å². The molecule has 0 heterocycles. The molecule has 0 spiro atoms. The Morgan fingerprint density at radius 1 is 1.31 bits per heavy atom. The molecular weight excluding hydrogens is 207 g/mol. The third-order valence-corrected chi connectivity index (χ3v) is 1.72. The van der Waals surface area contributed by atoms with Crippen LogP contribution in [0.4, 0.5) is 4.39 Å². The van der Waals surface area contributed by atoms with E-state index < -0.39 is 5.82 Å². The number of benzene rings is 1. The summed E-state index contributed by atoms with van der Waals surface area (Å²) in [5.41, 5.74) is 4.91. The molecular formula is C11H7FN4. The summed E-state index contributed by atoms with van der Waals surface area (Å²) in [6.07, 6.45) is 1.15. The van der Waals surface area contributed by atoms with E-state index in [1.165, 1.54) is 18.2 Å². The number of hydrogen-bond acceptors (Lipinski definition) is 4. The quantitative estimate of drug-likeness (QED) is 0.597. The first kappa shape index (κ1) is 11.4. The molecule has 0 aliphatic heterocycles. The first-order chi connectivity index (χ1) is 7.69. The maximum atomic E-state index is 13.1. The second-order valence-electron chi connectivity index (χ2n) is 2.77. The molecule has 0 aromatic heterocycles. The molecule has 0 fully saturated rings. The predicted octanol–water partition coefficient (Wildman–Crippen LogP) is 1.46. The maximum absolute atomic E-state index is 13.1. The molecule has 2 N–H and O–H groups in total. The summed E-state index contributed by atoms with van der Waals surface area (Å²) in [7, 11) is 0. The van der Waals surface area contributed by atoms with Crippen molar-refractivity contribution in [2.75, 3.05) is 0 Å². The highest BCUT2D eigenvalue weighted by Crippen LogP contribution is 2.05. The van der Waals surface area contributed by atoms with Gasteiger partial charge < -0.3 is 5.73 Å². The Labute approximate surface area is 91.8 Å². The molecule has 0 aliphatic carbocycles. The number of aliphatic imine (C=N–C) groups is 1. The van der Waals surface area contributed by atoms with E-state index in [-0.39, 0.29) is 17.0 Å². The average molecular weight is 214 g/mol. The van der Waals surface area contributed by atoms with Crippen molar-refractivity contribution < 1.29 is 4.39 Å². The van der Waals surface area contributed by atoms with Crippen molar-refractivity contribution in [2.45, 2.75) is 0 Å². The van der Waals surface area contributed by atoms with E-state index in [1.807, 2.05) is 0 Å². The molecule has 1 rings (SSSR count). The molecule has 0 radical (unpaired) electrons. The zero-order chi connectivity index (χ0) is 12.0. The largest absolute Gasteiger partial charge is 0.388 e. The van der Waals surface area contributed by atoms with Gasteiger partial charge in [-0.3, -0.25) is 0 Å². The van der Waals surface area contributed by atoms with E-state index in [0.29, 0.717) is 0 Å². The van der Waals surface area contributed by atoms with Crippen molar-refractivity contribution in [1.82, 2.24) is 0 Å². The number of halogens is 1. The Kier molecular flexibility index (Phi) is 3.77. The van der Waals surface area contributed by atoms with Crippen LogP contribution in [-0.4, -0.2) is 6.21 Å². The number of nitrogens with zero attached hydrogens (tertiary/aromatic N) is 3. The van der Waals surface area contributed by atoms with E-state index in [0.717, 1.165) is 6.21 Å².